The zero-order valence-corrected chi connectivity index (χ0v) is 13.7. The van der Waals surface area contributed by atoms with Gasteiger partial charge in [0, 0.05) is 5.56 Å². The van der Waals surface area contributed by atoms with Crippen molar-refractivity contribution < 1.29 is 14.4 Å². The number of hydrogen-bond donors (Lipinski definition) is 1. The standard InChI is InChI=1S/C17H18N4O3/c1-4-10(2)21-16-15(8-18-21)14(17(22)23)7-13(19-16)6-5-12-9-24-20-11(12)3/h5-10H,4H2,1-3H3,(H,22,23)/b6-5+. The third-order valence-corrected chi connectivity index (χ3v) is 4.05. The highest BCUT2D eigenvalue weighted by molar-refractivity contribution is 6.02. The fraction of sp³-hybridized carbons (Fsp3) is 0.294. The van der Waals surface area contributed by atoms with Crippen molar-refractivity contribution in [3.63, 3.8) is 0 Å². The summed E-state index contributed by atoms with van der Waals surface area (Å²) in [5.41, 5.74) is 2.90. The molecule has 1 unspecified atom stereocenters. The molecule has 0 aliphatic carbocycles. The molecule has 7 heteroatoms. The Labute approximate surface area is 138 Å². The van der Waals surface area contributed by atoms with Crippen molar-refractivity contribution in [2.75, 3.05) is 0 Å². The number of aromatic nitrogens is 4. The predicted octanol–water partition coefficient (Wildman–Crippen LogP) is 3.57. The molecule has 0 amide bonds. The zero-order valence-electron chi connectivity index (χ0n) is 13.7. The van der Waals surface area contributed by atoms with Gasteiger partial charge in [-0.2, -0.15) is 5.10 Å². The Hall–Kier alpha value is -2.96. The van der Waals surface area contributed by atoms with Gasteiger partial charge in [0.2, 0.25) is 0 Å². The lowest BCUT2D eigenvalue weighted by Gasteiger charge is -2.10. The molecule has 0 bridgehead atoms. The molecule has 3 aromatic rings. The van der Waals surface area contributed by atoms with Gasteiger partial charge in [-0.1, -0.05) is 12.1 Å². The maximum absolute atomic E-state index is 11.6. The monoisotopic (exact) mass is 326 g/mol. The van der Waals surface area contributed by atoms with Crippen LogP contribution in [0.5, 0.6) is 0 Å². The van der Waals surface area contributed by atoms with Crippen LogP contribution in [-0.4, -0.2) is 31.0 Å². The summed E-state index contributed by atoms with van der Waals surface area (Å²) in [6.45, 7) is 5.91. The molecular weight excluding hydrogens is 308 g/mol. The highest BCUT2D eigenvalue weighted by atomic mass is 16.5. The van der Waals surface area contributed by atoms with E-state index in [1.54, 1.807) is 29.1 Å². The molecule has 0 aromatic carbocycles. The Kier molecular flexibility index (Phi) is 4.16. The van der Waals surface area contributed by atoms with Gasteiger partial charge in [0.15, 0.2) is 5.65 Å². The van der Waals surface area contributed by atoms with Gasteiger partial charge in [-0.15, -0.1) is 0 Å². The number of nitrogens with zero attached hydrogens (tertiary/aromatic N) is 4. The fourth-order valence-electron chi connectivity index (χ4n) is 2.43. The Morgan fingerprint density at radius 2 is 2.25 bits per heavy atom. The van der Waals surface area contributed by atoms with Crippen LogP contribution in [0.2, 0.25) is 0 Å². The molecule has 0 saturated heterocycles. The number of fused-ring (bicyclic) bond motifs is 1. The summed E-state index contributed by atoms with van der Waals surface area (Å²) < 4.78 is 6.66. The number of aromatic carboxylic acids is 1. The van der Waals surface area contributed by atoms with E-state index < -0.39 is 5.97 Å². The van der Waals surface area contributed by atoms with Crippen molar-refractivity contribution in [2.24, 2.45) is 0 Å². The second-order valence-corrected chi connectivity index (χ2v) is 5.67. The summed E-state index contributed by atoms with van der Waals surface area (Å²) in [4.78, 5) is 16.2. The van der Waals surface area contributed by atoms with E-state index in [4.69, 9.17) is 4.52 Å². The minimum atomic E-state index is -0.998. The molecule has 0 saturated carbocycles. The quantitative estimate of drug-likeness (QED) is 0.770. The lowest BCUT2D eigenvalue weighted by molar-refractivity contribution is 0.0699. The summed E-state index contributed by atoms with van der Waals surface area (Å²) in [5.74, 6) is -0.998. The molecule has 124 valence electrons. The first-order valence-corrected chi connectivity index (χ1v) is 7.71. The molecule has 7 nitrogen and oxygen atoms in total. The fourth-order valence-corrected chi connectivity index (χ4v) is 2.43. The molecule has 0 spiro atoms. The summed E-state index contributed by atoms with van der Waals surface area (Å²) in [7, 11) is 0. The van der Waals surface area contributed by atoms with Gasteiger partial charge in [0.1, 0.15) is 6.26 Å². The molecule has 0 aliphatic rings. The minimum absolute atomic E-state index is 0.135. The first-order valence-electron chi connectivity index (χ1n) is 7.71. The van der Waals surface area contributed by atoms with Crippen molar-refractivity contribution in [1.82, 2.24) is 19.9 Å². The van der Waals surface area contributed by atoms with Crippen molar-refractivity contribution in [1.29, 1.82) is 0 Å². The minimum Gasteiger partial charge on any atom is -0.478 e. The average Bonchev–Trinajstić information content (AvgIpc) is 3.17. The van der Waals surface area contributed by atoms with Gasteiger partial charge < -0.3 is 9.63 Å². The SMILES string of the molecule is CCC(C)n1ncc2c(C(=O)O)cc(/C=C/c3conc3C)nc21. The van der Waals surface area contributed by atoms with Gasteiger partial charge in [0.05, 0.1) is 34.6 Å². The molecule has 1 N–H and O–H groups in total. The molecule has 3 heterocycles. The van der Waals surface area contributed by atoms with Crippen LogP contribution >= 0.6 is 0 Å². The number of rotatable bonds is 5. The molecule has 0 aliphatic heterocycles. The third kappa shape index (κ3) is 2.80. The van der Waals surface area contributed by atoms with Crippen LogP contribution in [0.15, 0.2) is 23.0 Å². The number of carboxylic acids is 1. The van der Waals surface area contributed by atoms with E-state index in [1.165, 1.54) is 6.26 Å². The predicted molar refractivity (Wildman–Crippen MR) is 89.7 cm³/mol. The molecule has 24 heavy (non-hydrogen) atoms. The summed E-state index contributed by atoms with van der Waals surface area (Å²) in [6, 6.07) is 1.68. The number of carbonyl (C=O) groups is 1. The van der Waals surface area contributed by atoms with Crippen LogP contribution in [0.25, 0.3) is 23.2 Å². The van der Waals surface area contributed by atoms with Crippen LogP contribution < -0.4 is 0 Å². The Balaban J connectivity index is 2.13. The molecule has 0 radical (unpaired) electrons. The van der Waals surface area contributed by atoms with Gasteiger partial charge in [-0.3, -0.25) is 0 Å². The van der Waals surface area contributed by atoms with Crippen molar-refractivity contribution in [3.05, 3.63) is 41.0 Å². The molecule has 3 aromatic heterocycles. The number of aryl methyl sites for hydroxylation is 1. The van der Waals surface area contributed by atoms with E-state index in [2.05, 4.69) is 22.2 Å². The maximum atomic E-state index is 11.6. The van der Waals surface area contributed by atoms with Crippen LogP contribution in [-0.2, 0) is 0 Å². The van der Waals surface area contributed by atoms with E-state index in [-0.39, 0.29) is 11.6 Å². The number of carboxylic acid groups (broad SMARTS) is 1. The summed E-state index contributed by atoms with van der Waals surface area (Å²) in [5, 5.41) is 18.2. The second-order valence-electron chi connectivity index (χ2n) is 5.67. The third-order valence-electron chi connectivity index (χ3n) is 4.05. The zero-order chi connectivity index (χ0) is 17.3. The van der Waals surface area contributed by atoms with Gasteiger partial charge in [0.25, 0.3) is 0 Å². The van der Waals surface area contributed by atoms with Crippen LogP contribution in [0.4, 0.5) is 0 Å². The van der Waals surface area contributed by atoms with E-state index in [0.717, 1.165) is 17.7 Å². The number of pyridine rings is 1. The molecular formula is C17H18N4O3. The highest BCUT2D eigenvalue weighted by Crippen LogP contribution is 2.23. The first-order chi connectivity index (χ1) is 11.5. The van der Waals surface area contributed by atoms with Crippen LogP contribution in [0, 0.1) is 6.92 Å². The van der Waals surface area contributed by atoms with Gasteiger partial charge in [-0.25, -0.2) is 14.5 Å². The van der Waals surface area contributed by atoms with Gasteiger partial charge >= 0.3 is 5.97 Å². The Bertz CT molecular complexity index is 923. The molecule has 3 rings (SSSR count). The van der Waals surface area contributed by atoms with Crippen molar-refractivity contribution in [2.45, 2.75) is 33.2 Å². The normalized spacial score (nSPS) is 13.0. The van der Waals surface area contributed by atoms with Crippen molar-refractivity contribution >= 4 is 29.2 Å². The van der Waals surface area contributed by atoms with E-state index >= 15 is 0 Å². The van der Waals surface area contributed by atoms with Gasteiger partial charge in [-0.05, 0) is 38.5 Å². The number of hydrogen-bond acceptors (Lipinski definition) is 5. The lowest BCUT2D eigenvalue weighted by atomic mass is 10.1. The van der Waals surface area contributed by atoms with Crippen molar-refractivity contribution in [3.8, 4) is 0 Å². The average molecular weight is 326 g/mol. The van der Waals surface area contributed by atoms with E-state index in [1.807, 2.05) is 13.8 Å². The summed E-state index contributed by atoms with van der Waals surface area (Å²) >= 11 is 0. The van der Waals surface area contributed by atoms with E-state index in [0.29, 0.717) is 16.7 Å². The first kappa shape index (κ1) is 15.9. The highest BCUT2D eigenvalue weighted by Gasteiger charge is 2.17. The smallest absolute Gasteiger partial charge is 0.336 e. The van der Waals surface area contributed by atoms with Crippen LogP contribution in [0.3, 0.4) is 0 Å². The lowest BCUT2D eigenvalue weighted by Crippen LogP contribution is -2.07. The molecule has 1 atom stereocenters. The topological polar surface area (TPSA) is 94.0 Å². The summed E-state index contributed by atoms with van der Waals surface area (Å²) in [6.07, 6.45) is 7.53. The second kappa shape index (κ2) is 6.27. The largest absolute Gasteiger partial charge is 0.478 e. The Morgan fingerprint density at radius 3 is 2.88 bits per heavy atom. The van der Waals surface area contributed by atoms with Crippen LogP contribution in [0.1, 0.15) is 53.6 Å². The molecule has 0 fully saturated rings. The van der Waals surface area contributed by atoms with E-state index in [9.17, 15) is 9.90 Å². The Morgan fingerprint density at radius 1 is 1.46 bits per heavy atom. The maximum Gasteiger partial charge on any atom is 0.336 e.